The molecule has 1 aromatic carbocycles. The lowest BCUT2D eigenvalue weighted by molar-refractivity contribution is -0.123. The number of hydrogen-bond acceptors (Lipinski definition) is 5. The summed E-state index contributed by atoms with van der Waals surface area (Å²) in [6, 6.07) is 11.7. The number of carbonyl (C=O) groups is 2. The molecule has 0 bridgehead atoms. The highest BCUT2D eigenvalue weighted by molar-refractivity contribution is 6.10. The fourth-order valence-electron chi connectivity index (χ4n) is 4.04. The van der Waals surface area contributed by atoms with Crippen molar-refractivity contribution in [2.24, 2.45) is 0 Å². The molecule has 4 rings (SSSR count). The monoisotopic (exact) mass is 376 g/mol. The summed E-state index contributed by atoms with van der Waals surface area (Å²) < 4.78 is 0. The highest BCUT2D eigenvalue weighted by Crippen LogP contribution is 2.33. The van der Waals surface area contributed by atoms with Crippen molar-refractivity contribution in [2.45, 2.75) is 38.1 Å². The Labute approximate surface area is 164 Å². The van der Waals surface area contributed by atoms with Crippen LogP contribution >= 0.6 is 0 Å². The summed E-state index contributed by atoms with van der Waals surface area (Å²) in [4.78, 5) is 35.8. The molecule has 28 heavy (non-hydrogen) atoms. The van der Waals surface area contributed by atoms with E-state index in [1.807, 2.05) is 30.3 Å². The van der Waals surface area contributed by atoms with Crippen LogP contribution in [0.1, 0.15) is 37.7 Å². The lowest BCUT2D eigenvalue weighted by Gasteiger charge is -2.33. The smallest absolute Gasteiger partial charge is 0.225 e. The van der Waals surface area contributed by atoms with E-state index in [0.717, 1.165) is 30.5 Å². The summed E-state index contributed by atoms with van der Waals surface area (Å²) in [6.07, 6.45) is 6.72. The molecule has 2 aromatic rings. The molecule has 2 aliphatic rings. The minimum Gasteiger partial charge on any atom is -0.351 e. The molecule has 1 aromatic heterocycles. The molecule has 0 spiro atoms. The quantitative estimate of drug-likeness (QED) is 0.868. The van der Waals surface area contributed by atoms with Gasteiger partial charge in [0.1, 0.15) is 0 Å². The first-order chi connectivity index (χ1) is 13.7. The second-order valence-electron chi connectivity index (χ2n) is 7.32. The molecule has 2 heterocycles. The largest absolute Gasteiger partial charge is 0.351 e. The predicted molar refractivity (Wildman–Crippen MR) is 108 cm³/mol. The van der Waals surface area contributed by atoms with E-state index in [1.165, 1.54) is 0 Å². The molecular formula is C22H24N4O2. The van der Waals surface area contributed by atoms with Gasteiger partial charge in [-0.15, -0.1) is 0 Å². The van der Waals surface area contributed by atoms with Crippen LogP contribution in [0, 0.1) is 0 Å². The van der Waals surface area contributed by atoms with E-state index in [1.54, 1.807) is 18.5 Å². The average Bonchev–Trinajstić information content (AvgIpc) is 3.09. The molecule has 0 radical (unpaired) electrons. The molecule has 1 atom stereocenters. The Morgan fingerprint density at radius 3 is 2.68 bits per heavy atom. The summed E-state index contributed by atoms with van der Waals surface area (Å²) in [5.74, 6) is 0.706. The summed E-state index contributed by atoms with van der Waals surface area (Å²) in [6.45, 7) is 1.58. The minimum absolute atomic E-state index is 0.0438. The van der Waals surface area contributed by atoms with Crippen molar-refractivity contribution in [1.82, 2.24) is 15.3 Å². The number of carbonyl (C=O) groups excluding carboxylic acids is 2. The molecule has 144 valence electrons. The highest BCUT2D eigenvalue weighted by Gasteiger charge is 2.28. The number of nitrogens with zero attached hydrogens (tertiary/aromatic N) is 3. The van der Waals surface area contributed by atoms with Crippen LogP contribution in [0.15, 0.2) is 54.4 Å². The summed E-state index contributed by atoms with van der Waals surface area (Å²) in [5.41, 5.74) is 2.73. The fourth-order valence-corrected chi connectivity index (χ4v) is 4.04. The van der Waals surface area contributed by atoms with E-state index < -0.39 is 0 Å². The Morgan fingerprint density at radius 1 is 1.11 bits per heavy atom. The number of amides is 1. The maximum absolute atomic E-state index is 12.7. The van der Waals surface area contributed by atoms with E-state index in [4.69, 9.17) is 0 Å². The van der Waals surface area contributed by atoms with Gasteiger partial charge < -0.3 is 10.2 Å². The van der Waals surface area contributed by atoms with E-state index in [0.29, 0.717) is 30.9 Å². The van der Waals surface area contributed by atoms with Gasteiger partial charge in [0.25, 0.3) is 0 Å². The van der Waals surface area contributed by atoms with Crippen LogP contribution in [0.4, 0.5) is 5.95 Å². The van der Waals surface area contributed by atoms with E-state index >= 15 is 0 Å². The molecule has 6 heteroatoms. The number of hydrogen-bond donors (Lipinski definition) is 1. The second kappa shape index (κ2) is 8.33. The number of piperidine rings is 1. The molecule has 1 amide bonds. The van der Waals surface area contributed by atoms with Gasteiger partial charge in [-0.05, 0) is 36.5 Å². The van der Waals surface area contributed by atoms with Gasteiger partial charge in [-0.3, -0.25) is 9.59 Å². The topological polar surface area (TPSA) is 75.2 Å². The number of aromatic nitrogens is 2. The number of anilines is 1. The predicted octanol–water partition coefficient (Wildman–Crippen LogP) is 2.77. The lowest BCUT2D eigenvalue weighted by Crippen LogP contribution is -2.48. The van der Waals surface area contributed by atoms with Crippen LogP contribution in [0.25, 0.3) is 5.57 Å². The van der Waals surface area contributed by atoms with E-state index in [2.05, 4.69) is 20.2 Å². The molecule has 0 saturated carbocycles. The Bertz CT molecular complexity index is 880. The molecule has 1 aliphatic heterocycles. The third-order valence-electron chi connectivity index (χ3n) is 5.38. The van der Waals surface area contributed by atoms with Gasteiger partial charge in [0.05, 0.1) is 6.42 Å². The van der Waals surface area contributed by atoms with Crippen molar-refractivity contribution in [1.29, 1.82) is 0 Å². The van der Waals surface area contributed by atoms with Gasteiger partial charge in [-0.2, -0.15) is 0 Å². The van der Waals surface area contributed by atoms with Gasteiger partial charge in [0.2, 0.25) is 11.9 Å². The van der Waals surface area contributed by atoms with Crippen molar-refractivity contribution in [2.75, 3.05) is 18.0 Å². The zero-order chi connectivity index (χ0) is 19.3. The average molecular weight is 376 g/mol. The van der Waals surface area contributed by atoms with Crippen molar-refractivity contribution < 1.29 is 9.59 Å². The minimum atomic E-state index is -0.0838. The summed E-state index contributed by atoms with van der Waals surface area (Å²) in [7, 11) is 0. The standard InChI is InChI=1S/C22H24N4O2/c27-20-10-9-18(16-6-2-1-3-7-16)19(20)14-21(28)25-17-8-4-13-26(15-17)22-23-11-5-12-24-22/h1-3,5-7,11-12,17H,4,8-10,13-15H2,(H,25,28). The number of allylic oxidation sites excluding steroid dienone is 1. The Balaban J connectivity index is 1.41. The Kier molecular flexibility index (Phi) is 5.46. The van der Waals surface area contributed by atoms with Crippen molar-refractivity contribution >= 4 is 23.2 Å². The number of nitrogens with one attached hydrogen (secondary N) is 1. The van der Waals surface area contributed by atoms with Gasteiger partial charge in [-0.25, -0.2) is 9.97 Å². The van der Waals surface area contributed by atoms with Crippen LogP contribution in [0.3, 0.4) is 0 Å². The van der Waals surface area contributed by atoms with Gasteiger partial charge in [0, 0.05) is 43.5 Å². The third-order valence-corrected chi connectivity index (χ3v) is 5.38. The maximum atomic E-state index is 12.7. The molecule has 1 unspecified atom stereocenters. The third kappa shape index (κ3) is 4.11. The molecule has 1 N–H and O–H groups in total. The first-order valence-corrected chi connectivity index (χ1v) is 9.82. The van der Waals surface area contributed by atoms with Crippen LogP contribution in [-0.2, 0) is 9.59 Å². The van der Waals surface area contributed by atoms with Crippen molar-refractivity contribution in [3.63, 3.8) is 0 Å². The first kappa shape index (κ1) is 18.3. The van der Waals surface area contributed by atoms with Gasteiger partial charge >= 0.3 is 0 Å². The fraction of sp³-hybridized carbons (Fsp3) is 0.364. The summed E-state index contributed by atoms with van der Waals surface area (Å²) >= 11 is 0. The molecule has 1 fully saturated rings. The Morgan fingerprint density at radius 2 is 1.89 bits per heavy atom. The second-order valence-corrected chi connectivity index (χ2v) is 7.32. The first-order valence-electron chi connectivity index (χ1n) is 9.82. The molecule has 1 aliphatic carbocycles. The van der Waals surface area contributed by atoms with Crippen LogP contribution in [-0.4, -0.2) is 40.8 Å². The van der Waals surface area contributed by atoms with Crippen LogP contribution < -0.4 is 10.2 Å². The van der Waals surface area contributed by atoms with E-state index in [-0.39, 0.29) is 24.2 Å². The molecular weight excluding hydrogens is 352 g/mol. The van der Waals surface area contributed by atoms with Gasteiger partial charge in [-0.1, -0.05) is 30.3 Å². The van der Waals surface area contributed by atoms with Crippen molar-refractivity contribution in [3.8, 4) is 0 Å². The summed E-state index contributed by atoms with van der Waals surface area (Å²) in [5, 5.41) is 3.12. The number of ketones is 1. The molecule has 1 saturated heterocycles. The zero-order valence-electron chi connectivity index (χ0n) is 15.8. The van der Waals surface area contributed by atoms with Crippen LogP contribution in [0.5, 0.6) is 0 Å². The van der Waals surface area contributed by atoms with Crippen molar-refractivity contribution in [3.05, 3.63) is 59.9 Å². The highest BCUT2D eigenvalue weighted by atomic mass is 16.2. The van der Waals surface area contributed by atoms with Gasteiger partial charge in [0.15, 0.2) is 5.78 Å². The lowest BCUT2D eigenvalue weighted by atomic mass is 9.99. The van der Waals surface area contributed by atoms with Crippen LogP contribution in [0.2, 0.25) is 0 Å². The Hall–Kier alpha value is -3.02. The zero-order valence-corrected chi connectivity index (χ0v) is 15.8. The SMILES string of the molecule is O=C(CC1=C(c2ccccc2)CCC1=O)NC1CCCN(c2ncccn2)C1. The number of benzene rings is 1. The normalized spacial score (nSPS) is 19.8. The number of rotatable bonds is 5. The molecule has 6 nitrogen and oxygen atoms in total. The maximum Gasteiger partial charge on any atom is 0.225 e. The van der Waals surface area contributed by atoms with E-state index in [9.17, 15) is 9.59 Å². The number of Topliss-reactive ketones (excluding diaryl/α,β-unsaturated/α-hetero) is 1.